The molecule has 0 aliphatic rings. The molecule has 0 radical (unpaired) electrons. The lowest BCUT2D eigenvalue weighted by Gasteiger charge is -2.09. The van der Waals surface area contributed by atoms with Crippen LogP contribution in [0.1, 0.15) is 25.1 Å². The summed E-state index contributed by atoms with van der Waals surface area (Å²) in [4.78, 5) is 1.38. The SMILES string of the molecule is CCC(C)NCc1sccc1Br. The molecule has 3 heteroatoms. The molecule has 0 spiro atoms. The van der Waals surface area contributed by atoms with E-state index in [1.165, 1.54) is 15.8 Å². The van der Waals surface area contributed by atoms with Crippen LogP contribution in [0.2, 0.25) is 0 Å². The van der Waals surface area contributed by atoms with Crippen molar-refractivity contribution in [3.63, 3.8) is 0 Å². The minimum atomic E-state index is 0.610. The van der Waals surface area contributed by atoms with Gasteiger partial charge in [0.05, 0.1) is 0 Å². The Bertz CT molecular complexity index is 234. The van der Waals surface area contributed by atoms with Gasteiger partial charge in [0.25, 0.3) is 0 Å². The van der Waals surface area contributed by atoms with Gasteiger partial charge >= 0.3 is 0 Å². The normalized spacial score (nSPS) is 13.2. The first-order chi connectivity index (χ1) is 5.74. The monoisotopic (exact) mass is 247 g/mol. The summed E-state index contributed by atoms with van der Waals surface area (Å²) in [6.45, 7) is 5.38. The lowest BCUT2D eigenvalue weighted by molar-refractivity contribution is 0.537. The van der Waals surface area contributed by atoms with Crippen LogP contribution in [0.5, 0.6) is 0 Å². The van der Waals surface area contributed by atoms with Crippen LogP contribution >= 0.6 is 27.3 Å². The Morgan fingerprint density at radius 3 is 2.92 bits per heavy atom. The zero-order valence-electron chi connectivity index (χ0n) is 7.43. The van der Waals surface area contributed by atoms with E-state index in [9.17, 15) is 0 Å². The number of halogens is 1. The van der Waals surface area contributed by atoms with E-state index in [-0.39, 0.29) is 0 Å². The molecule has 12 heavy (non-hydrogen) atoms. The second-order valence-corrected chi connectivity index (χ2v) is 4.74. The van der Waals surface area contributed by atoms with Crippen LogP contribution in [-0.2, 0) is 6.54 Å². The van der Waals surface area contributed by atoms with Gasteiger partial charge in [0.2, 0.25) is 0 Å². The van der Waals surface area contributed by atoms with Crippen LogP contribution in [0, 0.1) is 0 Å². The van der Waals surface area contributed by atoms with Crippen molar-refractivity contribution < 1.29 is 0 Å². The summed E-state index contributed by atoms with van der Waals surface area (Å²) in [6, 6.07) is 2.71. The smallest absolute Gasteiger partial charge is 0.0327 e. The summed E-state index contributed by atoms with van der Waals surface area (Å²) in [5.41, 5.74) is 0. The van der Waals surface area contributed by atoms with Gasteiger partial charge in [-0.05, 0) is 40.7 Å². The maximum Gasteiger partial charge on any atom is 0.0327 e. The first kappa shape index (κ1) is 10.2. The molecule has 0 aliphatic heterocycles. The van der Waals surface area contributed by atoms with Crippen molar-refractivity contribution >= 4 is 27.3 Å². The Morgan fingerprint density at radius 2 is 2.42 bits per heavy atom. The molecular weight excluding hydrogens is 234 g/mol. The number of hydrogen-bond donors (Lipinski definition) is 1. The standard InChI is InChI=1S/C9H14BrNS/c1-3-7(2)11-6-9-8(10)4-5-12-9/h4-5,7,11H,3,6H2,1-2H3. The summed E-state index contributed by atoms with van der Waals surface area (Å²) in [5.74, 6) is 0. The predicted molar refractivity (Wildman–Crippen MR) is 58.6 cm³/mol. The second-order valence-electron chi connectivity index (χ2n) is 2.88. The maximum atomic E-state index is 3.51. The molecule has 1 aromatic rings. The molecule has 1 nitrogen and oxygen atoms in total. The van der Waals surface area contributed by atoms with Crippen molar-refractivity contribution in [2.24, 2.45) is 0 Å². The van der Waals surface area contributed by atoms with Crippen LogP contribution in [0.25, 0.3) is 0 Å². The van der Waals surface area contributed by atoms with E-state index in [0.717, 1.165) is 6.54 Å². The van der Waals surface area contributed by atoms with Gasteiger partial charge in [-0.2, -0.15) is 0 Å². The third-order valence-corrected chi connectivity index (χ3v) is 3.84. The van der Waals surface area contributed by atoms with Crippen LogP contribution in [0.4, 0.5) is 0 Å². The lowest BCUT2D eigenvalue weighted by Crippen LogP contribution is -2.23. The van der Waals surface area contributed by atoms with Gasteiger partial charge < -0.3 is 5.32 Å². The average molecular weight is 248 g/mol. The van der Waals surface area contributed by atoms with E-state index in [1.807, 2.05) is 0 Å². The number of thiophene rings is 1. The molecule has 0 saturated heterocycles. The maximum absolute atomic E-state index is 3.51. The van der Waals surface area contributed by atoms with Crippen molar-refractivity contribution in [1.82, 2.24) is 5.32 Å². The highest BCUT2D eigenvalue weighted by Gasteiger charge is 2.02. The third-order valence-electron chi connectivity index (χ3n) is 1.91. The number of rotatable bonds is 4. The molecule has 1 unspecified atom stereocenters. The first-order valence-electron chi connectivity index (χ1n) is 4.19. The van der Waals surface area contributed by atoms with Gasteiger partial charge in [-0.3, -0.25) is 0 Å². The fraction of sp³-hybridized carbons (Fsp3) is 0.556. The lowest BCUT2D eigenvalue weighted by atomic mass is 10.2. The summed E-state index contributed by atoms with van der Waals surface area (Å²) >= 11 is 5.30. The highest BCUT2D eigenvalue weighted by atomic mass is 79.9. The topological polar surface area (TPSA) is 12.0 Å². The van der Waals surface area contributed by atoms with Gasteiger partial charge in [0.15, 0.2) is 0 Å². The van der Waals surface area contributed by atoms with E-state index >= 15 is 0 Å². The van der Waals surface area contributed by atoms with Crippen LogP contribution in [0.15, 0.2) is 15.9 Å². The van der Waals surface area contributed by atoms with E-state index < -0.39 is 0 Å². The molecule has 0 saturated carbocycles. The molecule has 1 N–H and O–H groups in total. The van der Waals surface area contributed by atoms with E-state index in [2.05, 4.69) is 46.5 Å². The van der Waals surface area contributed by atoms with Crippen molar-refractivity contribution in [2.45, 2.75) is 32.9 Å². The molecule has 0 bridgehead atoms. The van der Waals surface area contributed by atoms with Crippen molar-refractivity contribution in [2.75, 3.05) is 0 Å². The molecule has 1 aromatic heterocycles. The summed E-state index contributed by atoms with van der Waals surface area (Å²) in [7, 11) is 0. The average Bonchev–Trinajstić information content (AvgIpc) is 2.47. The predicted octanol–water partition coefficient (Wildman–Crippen LogP) is 3.40. The van der Waals surface area contributed by atoms with Gasteiger partial charge in [0.1, 0.15) is 0 Å². The van der Waals surface area contributed by atoms with E-state index in [1.54, 1.807) is 11.3 Å². The molecule has 1 heterocycles. The van der Waals surface area contributed by atoms with Gasteiger partial charge in [-0.1, -0.05) is 6.92 Å². The quantitative estimate of drug-likeness (QED) is 0.861. The molecule has 68 valence electrons. The summed E-state index contributed by atoms with van der Waals surface area (Å²) < 4.78 is 1.23. The highest BCUT2D eigenvalue weighted by molar-refractivity contribution is 9.10. The van der Waals surface area contributed by atoms with Crippen molar-refractivity contribution in [3.8, 4) is 0 Å². The van der Waals surface area contributed by atoms with Crippen LogP contribution < -0.4 is 5.32 Å². The fourth-order valence-electron chi connectivity index (χ4n) is 0.863. The Balaban J connectivity index is 2.38. The molecular formula is C9H14BrNS. The zero-order valence-corrected chi connectivity index (χ0v) is 9.83. The van der Waals surface area contributed by atoms with Gasteiger partial charge in [0, 0.05) is 21.9 Å². The molecule has 0 aliphatic carbocycles. The number of nitrogens with one attached hydrogen (secondary N) is 1. The molecule has 0 fully saturated rings. The van der Waals surface area contributed by atoms with Gasteiger partial charge in [-0.25, -0.2) is 0 Å². The van der Waals surface area contributed by atoms with Crippen molar-refractivity contribution in [1.29, 1.82) is 0 Å². The highest BCUT2D eigenvalue weighted by Crippen LogP contribution is 2.22. The minimum absolute atomic E-state index is 0.610. The van der Waals surface area contributed by atoms with Crippen LogP contribution in [0.3, 0.4) is 0 Å². The second kappa shape index (κ2) is 5.00. The Kier molecular flexibility index (Phi) is 4.26. The van der Waals surface area contributed by atoms with E-state index in [0.29, 0.717) is 6.04 Å². The van der Waals surface area contributed by atoms with Gasteiger partial charge in [-0.15, -0.1) is 11.3 Å². The molecule has 0 aromatic carbocycles. The van der Waals surface area contributed by atoms with Crippen molar-refractivity contribution in [3.05, 3.63) is 20.8 Å². The summed E-state index contributed by atoms with van der Waals surface area (Å²) in [6.07, 6.45) is 1.18. The number of hydrogen-bond acceptors (Lipinski definition) is 2. The Labute approximate surface area is 86.3 Å². The third kappa shape index (κ3) is 2.88. The molecule has 1 atom stereocenters. The van der Waals surface area contributed by atoms with E-state index in [4.69, 9.17) is 0 Å². The Hall–Kier alpha value is 0.140. The minimum Gasteiger partial charge on any atom is -0.309 e. The Morgan fingerprint density at radius 1 is 1.67 bits per heavy atom. The molecule has 0 amide bonds. The zero-order chi connectivity index (χ0) is 8.97. The van der Waals surface area contributed by atoms with Crippen LogP contribution in [-0.4, -0.2) is 6.04 Å². The summed E-state index contributed by atoms with van der Waals surface area (Å²) in [5, 5.41) is 5.56. The largest absolute Gasteiger partial charge is 0.309 e. The molecule has 1 rings (SSSR count). The fourth-order valence-corrected chi connectivity index (χ4v) is 2.31. The first-order valence-corrected chi connectivity index (χ1v) is 5.86.